The molecule has 2 rings (SSSR count). The molecule has 0 spiro atoms. The summed E-state index contributed by atoms with van der Waals surface area (Å²) in [5, 5.41) is 14.5. The number of hydrogen-bond acceptors (Lipinski definition) is 3. The summed E-state index contributed by atoms with van der Waals surface area (Å²) < 4.78 is 7.98. The summed E-state index contributed by atoms with van der Waals surface area (Å²) >= 11 is 3.40. The van der Waals surface area contributed by atoms with E-state index < -0.39 is 6.10 Å². The molecule has 0 bridgehead atoms. The summed E-state index contributed by atoms with van der Waals surface area (Å²) in [6.45, 7) is 2.77. The van der Waals surface area contributed by atoms with Crippen molar-refractivity contribution >= 4 is 15.9 Å². The van der Waals surface area contributed by atoms with Gasteiger partial charge in [0.25, 0.3) is 0 Å². The van der Waals surface area contributed by atoms with Gasteiger partial charge in [-0.2, -0.15) is 5.10 Å². The number of aliphatic hydroxyl groups excluding tert-OH is 1. The molecule has 19 heavy (non-hydrogen) atoms. The van der Waals surface area contributed by atoms with Crippen molar-refractivity contribution in [2.75, 3.05) is 6.61 Å². The second-order valence-electron chi connectivity index (χ2n) is 4.32. The molecule has 0 fully saturated rings. The molecule has 0 aliphatic heterocycles. The third kappa shape index (κ3) is 3.16. The summed E-state index contributed by atoms with van der Waals surface area (Å²) in [7, 11) is 1.81. The molecule has 0 saturated heterocycles. The predicted molar refractivity (Wildman–Crippen MR) is 77.2 cm³/mol. The van der Waals surface area contributed by atoms with Gasteiger partial charge in [-0.05, 0) is 40.0 Å². The van der Waals surface area contributed by atoms with E-state index in [0.717, 1.165) is 27.9 Å². The lowest BCUT2D eigenvalue weighted by Crippen LogP contribution is -2.07. The van der Waals surface area contributed by atoms with Gasteiger partial charge in [0.1, 0.15) is 11.9 Å². The van der Waals surface area contributed by atoms with E-state index in [-0.39, 0.29) is 0 Å². The van der Waals surface area contributed by atoms with Gasteiger partial charge < -0.3 is 9.84 Å². The van der Waals surface area contributed by atoms with Gasteiger partial charge in [-0.25, -0.2) is 0 Å². The minimum atomic E-state index is -0.706. The quantitative estimate of drug-likeness (QED) is 0.919. The first-order valence-corrected chi connectivity index (χ1v) is 7.01. The smallest absolute Gasteiger partial charge is 0.122 e. The van der Waals surface area contributed by atoms with Crippen LogP contribution in [-0.2, 0) is 7.05 Å². The fourth-order valence-corrected chi connectivity index (χ4v) is 2.42. The first-order chi connectivity index (χ1) is 9.13. The van der Waals surface area contributed by atoms with Gasteiger partial charge in [-0.15, -0.1) is 0 Å². The molecule has 1 heterocycles. The first-order valence-electron chi connectivity index (χ1n) is 6.21. The van der Waals surface area contributed by atoms with E-state index in [0.29, 0.717) is 6.61 Å². The normalized spacial score (nSPS) is 12.4. The van der Waals surface area contributed by atoms with E-state index in [4.69, 9.17) is 4.74 Å². The Labute approximate surface area is 121 Å². The van der Waals surface area contributed by atoms with Crippen molar-refractivity contribution in [1.29, 1.82) is 0 Å². The number of nitrogens with zero attached hydrogens (tertiary/aromatic N) is 2. The molecule has 1 aromatic heterocycles. The molecule has 5 heteroatoms. The average Bonchev–Trinajstić information content (AvgIpc) is 2.76. The zero-order chi connectivity index (χ0) is 13.8. The van der Waals surface area contributed by atoms with Gasteiger partial charge in [0, 0.05) is 7.05 Å². The molecule has 1 unspecified atom stereocenters. The number of ether oxygens (including phenoxy) is 1. The Kier molecular flexibility index (Phi) is 4.61. The number of rotatable bonds is 5. The van der Waals surface area contributed by atoms with E-state index in [2.05, 4.69) is 28.0 Å². The summed E-state index contributed by atoms with van der Waals surface area (Å²) in [5.41, 5.74) is 1.55. The van der Waals surface area contributed by atoms with Gasteiger partial charge in [-0.1, -0.05) is 19.1 Å². The van der Waals surface area contributed by atoms with E-state index in [1.807, 2.05) is 31.3 Å². The SMILES string of the molecule is CCCOc1ccc(C(O)c2c(Br)cnn2C)cc1. The van der Waals surface area contributed by atoms with Gasteiger partial charge in [0.15, 0.2) is 0 Å². The molecule has 1 N–H and O–H groups in total. The molecule has 2 aromatic rings. The summed E-state index contributed by atoms with van der Waals surface area (Å²) in [4.78, 5) is 0. The summed E-state index contributed by atoms with van der Waals surface area (Å²) in [5.74, 6) is 0.821. The Morgan fingerprint density at radius 1 is 1.37 bits per heavy atom. The Balaban J connectivity index is 2.18. The Hall–Kier alpha value is -1.33. The van der Waals surface area contributed by atoms with Gasteiger partial charge in [0.2, 0.25) is 0 Å². The highest BCUT2D eigenvalue weighted by atomic mass is 79.9. The van der Waals surface area contributed by atoms with Gasteiger partial charge in [-0.3, -0.25) is 4.68 Å². The maximum Gasteiger partial charge on any atom is 0.122 e. The number of benzene rings is 1. The number of aromatic nitrogens is 2. The Morgan fingerprint density at radius 2 is 2.05 bits per heavy atom. The van der Waals surface area contributed by atoms with Crippen LogP contribution in [0.25, 0.3) is 0 Å². The maximum absolute atomic E-state index is 10.4. The fraction of sp³-hybridized carbons (Fsp3) is 0.357. The summed E-state index contributed by atoms with van der Waals surface area (Å²) in [6.07, 6.45) is 1.95. The molecule has 4 nitrogen and oxygen atoms in total. The molecule has 102 valence electrons. The highest BCUT2D eigenvalue weighted by molar-refractivity contribution is 9.10. The lowest BCUT2D eigenvalue weighted by molar-refractivity contribution is 0.208. The summed E-state index contributed by atoms with van der Waals surface area (Å²) in [6, 6.07) is 7.49. The minimum absolute atomic E-state index is 0.704. The standard InChI is InChI=1S/C14H17BrN2O2/c1-3-8-19-11-6-4-10(5-7-11)14(18)13-12(15)9-16-17(13)2/h4-7,9,14,18H,3,8H2,1-2H3. The van der Waals surface area contributed by atoms with Crippen LogP contribution in [0.3, 0.4) is 0 Å². The third-order valence-electron chi connectivity index (χ3n) is 2.87. The van der Waals surface area contributed by atoms with Crippen molar-refractivity contribution in [2.24, 2.45) is 7.05 Å². The monoisotopic (exact) mass is 324 g/mol. The highest BCUT2D eigenvalue weighted by Gasteiger charge is 2.17. The molecular weight excluding hydrogens is 308 g/mol. The van der Waals surface area contributed by atoms with Crippen LogP contribution in [0, 0.1) is 0 Å². The molecule has 0 aliphatic carbocycles. The second kappa shape index (κ2) is 6.21. The van der Waals surface area contributed by atoms with Crippen molar-refractivity contribution in [3.63, 3.8) is 0 Å². The molecular formula is C14H17BrN2O2. The van der Waals surface area contributed by atoms with Crippen LogP contribution in [0.4, 0.5) is 0 Å². The Morgan fingerprint density at radius 3 is 2.58 bits per heavy atom. The molecule has 0 saturated carbocycles. The van der Waals surface area contributed by atoms with Crippen LogP contribution in [0.15, 0.2) is 34.9 Å². The second-order valence-corrected chi connectivity index (χ2v) is 5.18. The van der Waals surface area contributed by atoms with E-state index in [1.165, 1.54) is 0 Å². The number of aryl methyl sites for hydroxylation is 1. The number of halogens is 1. The molecule has 1 aromatic carbocycles. The minimum Gasteiger partial charge on any atom is -0.494 e. The predicted octanol–water partition coefficient (Wildman–Crippen LogP) is 3.05. The van der Waals surface area contributed by atoms with E-state index in [1.54, 1.807) is 10.9 Å². The zero-order valence-electron chi connectivity index (χ0n) is 11.0. The van der Waals surface area contributed by atoms with Crippen molar-refractivity contribution < 1.29 is 9.84 Å². The van der Waals surface area contributed by atoms with Gasteiger partial charge >= 0.3 is 0 Å². The number of aliphatic hydroxyl groups is 1. The van der Waals surface area contributed by atoms with Gasteiger partial charge in [0.05, 0.1) is 23.0 Å². The zero-order valence-corrected chi connectivity index (χ0v) is 12.6. The van der Waals surface area contributed by atoms with Crippen molar-refractivity contribution in [3.8, 4) is 5.75 Å². The third-order valence-corrected chi connectivity index (χ3v) is 3.48. The highest BCUT2D eigenvalue weighted by Crippen LogP contribution is 2.28. The van der Waals surface area contributed by atoms with E-state index in [9.17, 15) is 5.11 Å². The van der Waals surface area contributed by atoms with Crippen LogP contribution < -0.4 is 4.74 Å². The lowest BCUT2D eigenvalue weighted by atomic mass is 10.1. The topological polar surface area (TPSA) is 47.3 Å². The van der Waals surface area contributed by atoms with Crippen molar-refractivity contribution in [1.82, 2.24) is 9.78 Å². The van der Waals surface area contributed by atoms with Crippen LogP contribution in [-0.4, -0.2) is 21.5 Å². The van der Waals surface area contributed by atoms with Crippen LogP contribution in [0.5, 0.6) is 5.75 Å². The number of hydrogen-bond donors (Lipinski definition) is 1. The van der Waals surface area contributed by atoms with E-state index >= 15 is 0 Å². The van der Waals surface area contributed by atoms with Crippen LogP contribution in [0.2, 0.25) is 0 Å². The maximum atomic E-state index is 10.4. The molecule has 0 aliphatic rings. The lowest BCUT2D eigenvalue weighted by Gasteiger charge is -2.13. The fourth-order valence-electron chi connectivity index (χ4n) is 1.85. The largest absolute Gasteiger partial charge is 0.494 e. The van der Waals surface area contributed by atoms with Crippen molar-refractivity contribution in [3.05, 3.63) is 46.2 Å². The average molecular weight is 325 g/mol. The molecule has 0 amide bonds. The first kappa shape index (κ1) is 14.1. The van der Waals surface area contributed by atoms with Crippen molar-refractivity contribution in [2.45, 2.75) is 19.4 Å². The molecule has 0 radical (unpaired) electrons. The molecule has 1 atom stereocenters. The van der Waals surface area contributed by atoms with Crippen LogP contribution >= 0.6 is 15.9 Å². The van der Waals surface area contributed by atoms with Crippen LogP contribution in [0.1, 0.15) is 30.7 Å². The Bertz CT molecular complexity index is 517.